The maximum absolute atomic E-state index is 4.53. The molecule has 2 aromatic carbocycles. The van der Waals surface area contributed by atoms with Gasteiger partial charge in [0, 0.05) is 22.6 Å². The molecule has 0 aliphatic rings. The van der Waals surface area contributed by atoms with E-state index < -0.39 is 0 Å². The topological polar surface area (TPSA) is 17.3 Å². The molecule has 0 bridgehead atoms. The van der Waals surface area contributed by atoms with Gasteiger partial charge < -0.3 is 4.57 Å². The van der Waals surface area contributed by atoms with Crippen molar-refractivity contribution in [1.82, 2.24) is 4.57 Å². The normalized spacial score (nSPS) is 11.1. The molecule has 0 saturated heterocycles. The van der Waals surface area contributed by atoms with E-state index in [4.69, 9.17) is 0 Å². The zero-order valence-electron chi connectivity index (χ0n) is 11.5. The second-order valence-electron chi connectivity index (χ2n) is 4.73. The van der Waals surface area contributed by atoms with Crippen molar-refractivity contribution in [3.63, 3.8) is 0 Å². The third-order valence-electron chi connectivity index (χ3n) is 3.23. The summed E-state index contributed by atoms with van der Waals surface area (Å²) in [5.41, 5.74) is 3.42. The van der Waals surface area contributed by atoms with Crippen molar-refractivity contribution in [3.8, 4) is 5.69 Å². The fourth-order valence-corrected chi connectivity index (χ4v) is 2.43. The van der Waals surface area contributed by atoms with Crippen LogP contribution in [0.5, 0.6) is 0 Å². The molecule has 104 valence electrons. The Bertz CT molecular complexity index is 727. The second kappa shape index (κ2) is 6.55. The Labute approximate surface area is 132 Å². The van der Waals surface area contributed by atoms with Crippen LogP contribution in [-0.2, 0) is 6.54 Å². The minimum atomic E-state index is 0.701. The number of aliphatic imine (C=N–C) groups is 1. The lowest BCUT2D eigenvalue weighted by atomic mass is 10.2. The zero-order chi connectivity index (χ0) is 14.5. The van der Waals surface area contributed by atoms with E-state index in [1.165, 1.54) is 5.56 Å². The van der Waals surface area contributed by atoms with E-state index in [-0.39, 0.29) is 0 Å². The van der Waals surface area contributed by atoms with E-state index in [0.717, 1.165) is 15.9 Å². The highest BCUT2D eigenvalue weighted by molar-refractivity contribution is 9.10. The van der Waals surface area contributed by atoms with Gasteiger partial charge in [0.05, 0.1) is 12.2 Å². The summed E-state index contributed by atoms with van der Waals surface area (Å²) in [7, 11) is 0. The maximum Gasteiger partial charge on any atom is 0.0640 e. The predicted octanol–water partition coefficient (Wildman–Crippen LogP) is 4.86. The summed E-state index contributed by atoms with van der Waals surface area (Å²) in [5, 5.41) is 0. The summed E-state index contributed by atoms with van der Waals surface area (Å²) < 4.78 is 3.21. The predicted molar refractivity (Wildman–Crippen MR) is 91.2 cm³/mol. The summed E-state index contributed by atoms with van der Waals surface area (Å²) in [5.74, 6) is 0. The van der Waals surface area contributed by atoms with Gasteiger partial charge >= 0.3 is 0 Å². The largest absolute Gasteiger partial charge is 0.316 e. The van der Waals surface area contributed by atoms with E-state index in [1.807, 2.05) is 48.8 Å². The molecular weight excluding hydrogens is 324 g/mol. The molecule has 3 heteroatoms. The van der Waals surface area contributed by atoms with Crippen molar-refractivity contribution in [1.29, 1.82) is 0 Å². The number of aromatic nitrogens is 1. The van der Waals surface area contributed by atoms with Crippen LogP contribution in [0, 0.1) is 0 Å². The standard InChI is InChI=1S/C18H15BrN2/c19-16-8-10-17(11-9-16)21-12-4-7-18(21)14-20-13-15-5-2-1-3-6-15/h1-12,14H,13H2. The molecule has 0 aliphatic carbocycles. The molecule has 0 fully saturated rings. The minimum Gasteiger partial charge on any atom is -0.316 e. The van der Waals surface area contributed by atoms with E-state index >= 15 is 0 Å². The Morgan fingerprint density at radius 3 is 2.43 bits per heavy atom. The fourth-order valence-electron chi connectivity index (χ4n) is 2.16. The van der Waals surface area contributed by atoms with Crippen molar-refractivity contribution < 1.29 is 0 Å². The van der Waals surface area contributed by atoms with Crippen LogP contribution in [0.2, 0.25) is 0 Å². The summed E-state index contributed by atoms with van der Waals surface area (Å²) in [6.45, 7) is 0.701. The average Bonchev–Trinajstić information content (AvgIpc) is 2.98. The van der Waals surface area contributed by atoms with Gasteiger partial charge in [-0.1, -0.05) is 46.3 Å². The van der Waals surface area contributed by atoms with Crippen LogP contribution in [-0.4, -0.2) is 10.8 Å². The minimum absolute atomic E-state index is 0.701. The molecule has 0 N–H and O–H groups in total. The molecule has 2 nitrogen and oxygen atoms in total. The first-order valence-electron chi connectivity index (χ1n) is 6.80. The van der Waals surface area contributed by atoms with Gasteiger partial charge in [0.15, 0.2) is 0 Å². The molecule has 0 atom stereocenters. The smallest absolute Gasteiger partial charge is 0.0640 e. The average molecular weight is 339 g/mol. The number of rotatable bonds is 4. The molecule has 0 radical (unpaired) electrons. The van der Waals surface area contributed by atoms with Gasteiger partial charge in [-0.3, -0.25) is 4.99 Å². The fraction of sp³-hybridized carbons (Fsp3) is 0.0556. The number of nitrogens with zero attached hydrogens (tertiary/aromatic N) is 2. The highest BCUT2D eigenvalue weighted by Crippen LogP contribution is 2.16. The summed E-state index contributed by atoms with van der Waals surface area (Å²) in [4.78, 5) is 4.53. The highest BCUT2D eigenvalue weighted by Gasteiger charge is 2.00. The lowest BCUT2D eigenvalue weighted by Crippen LogP contribution is -1.97. The zero-order valence-corrected chi connectivity index (χ0v) is 13.1. The van der Waals surface area contributed by atoms with E-state index in [2.05, 4.69) is 55.8 Å². The molecule has 1 aromatic heterocycles. The number of hydrogen-bond acceptors (Lipinski definition) is 1. The van der Waals surface area contributed by atoms with Crippen molar-refractivity contribution in [2.45, 2.75) is 6.54 Å². The molecule has 0 aliphatic heterocycles. The second-order valence-corrected chi connectivity index (χ2v) is 5.65. The van der Waals surface area contributed by atoms with E-state index in [0.29, 0.717) is 6.54 Å². The molecule has 0 unspecified atom stereocenters. The SMILES string of the molecule is Brc1ccc(-n2cccc2C=NCc2ccccc2)cc1. The number of halogens is 1. The van der Waals surface area contributed by atoms with Crippen molar-refractivity contribution in [3.05, 3.63) is 88.7 Å². The van der Waals surface area contributed by atoms with Gasteiger partial charge in [0.25, 0.3) is 0 Å². The Kier molecular flexibility index (Phi) is 4.31. The van der Waals surface area contributed by atoms with Gasteiger partial charge in [-0.05, 0) is 42.0 Å². The third-order valence-corrected chi connectivity index (χ3v) is 3.75. The van der Waals surface area contributed by atoms with Gasteiger partial charge in [-0.15, -0.1) is 0 Å². The molecule has 3 rings (SSSR count). The molecule has 3 aromatic rings. The first-order valence-corrected chi connectivity index (χ1v) is 7.59. The van der Waals surface area contributed by atoms with Gasteiger partial charge in [0.2, 0.25) is 0 Å². The van der Waals surface area contributed by atoms with Gasteiger partial charge in [-0.2, -0.15) is 0 Å². The Morgan fingerprint density at radius 1 is 0.905 bits per heavy atom. The van der Waals surface area contributed by atoms with Crippen LogP contribution < -0.4 is 0 Å². The molecular formula is C18H15BrN2. The lowest BCUT2D eigenvalue weighted by molar-refractivity contribution is 1.04. The van der Waals surface area contributed by atoms with Crippen molar-refractivity contribution >= 4 is 22.1 Å². The monoisotopic (exact) mass is 338 g/mol. The van der Waals surface area contributed by atoms with Gasteiger partial charge in [0.1, 0.15) is 0 Å². The van der Waals surface area contributed by atoms with Crippen LogP contribution in [0.1, 0.15) is 11.3 Å². The Morgan fingerprint density at radius 2 is 1.67 bits per heavy atom. The maximum atomic E-state index is 4.53. The molecule has 0 amide bonds. The third kappa shape index (κ3) is 3.50. The molecule has 21 heavy (non-hydrogen) atoms. The lowest BCUT2D eigenvalue weighted by Gasteiger charge is -2.06. The molecule has 0 spiro atoms. The summed E-state index contributed by atoms with van der Waals surface area (Å²) >= 11 is 3.46. The molecule has 1 heterocycles. The number of hydrogen-bond donors (Lipinski definition) is 0. The quantitative estimate of drug-likeness (QED) is 0.604. The van der Waals surface area contributed by atoms with Crippen molar-refractivity contribution in [2.75, 3.05) is 0 Å². The van der Waals surface area contributed by atoms with Crippen LogP contribution in [0.15, 0.2) is 82.4 Å². The van der Waals surface area contributed by atoms with Crippen LogP contribution >= 0.6 is 15.9 Å². The van der Waals surface area contributed by atoms with E-state index in [9.17, 15) is 0 Å². The van der Waals surface area contributed by atoms with E-state index in [1.54, 1.807) is 0 Å². The summed E-state index contributed by atoms with van der Waals surface area (Å²) in [6, 6.07) is 22.6. The number of benzene rings is 2. The Hall–Kier alpha value is -2.13. The molecule has 0 saturated carbocycles. The first-order chi connectivity index (χ1) is 10.3. The first kappa shape index (κ1) is 13.8. The highest BCUT2D eigenvalue weighted by atomic mass is 79.9. The van der Waals surface area contributed by atoms with Crippen LogP contribution in [0.4, 0.5) is 0 Å². The summed E-state index contributed by atoms with van der Waals surface area (Å²) in [6.07, 6.45) is 3.97. The van der Waals surface area contributed by atoms with Crippen molar-refractivity contribution in [2.24, 2.45) is 4.99 Å². The Balaban J connectivity index is 1.78. The van der Waals surface area contributed by atoms with Gasteiger partial charge in [-0.25, -0.2) is 0 Å². The van der Waals surface area contributed by atoms with Crippen LogP contribution in [0.25, 0.3) is 5.69 Å². The van der Waals surface area contributed by atoms with Crippen LogP contribution in [0.3, 0.4) is 0 Å².